The molecule has 1 amide bonds. The first-order valence-corrected chi connectivity index (χ1v) is 11.8. The largest absolute Gasteiger partial charge is 0.489 e. The molecular formula is C28H25BrN2O3. The number of carbonyl (C=O) groups is 1. The molecule has 0 aliphatic carbocycles. The van der Waals surface area contributed by atoms with E-state index >= 15 is 0 Å². The fourth-order valence-corrected chi connectivity index (χ4v) is 4.28. The smallest absolute Gasteiger partial charge is 0.281 e. The minimum Gasteiger partial charge on any atom is -0.489 e. The average Bonchev–Trinajstić information content (AvgIpc) is 2.87. The zero-order chi connectivity index (χ0) is 23.9. The normalized spacial score (nSPS) is 12.1. The number of benzene rings is 4. The highest BCUT2D eigenvalue weighted by molar-refractivity contribution is 9.10. The molecular weight excluding hydrogens is 492 g/mol. The lowest BCUT2D eigenvalue weighted by Gasteiger charge is -2.17. The third kappa shape index (κ3) is 5.13. The van der Waals surface area contributed by atoms with E-state index in [0.29, 0.717) is 24.5 Å². The van der Waals surface area contributed by atoms with Crippen LogP contribution in [0.15, 0.2) is 95.0 Å². The van der Waals surface area contributed by atoms with Crippen molar-refractivity contribution in [3.63, 3.8) is 0 Å². The van der Waals surface area contributed by atoms with Gasteiger partial charge in [-0.25, -0.2) is 5.43 Å². The standard InChI is InChI=1S/C28H25BrN2O3/c1-3-17-33-25-15-13-19-9-5-7-11-21(19)23(25)18-30-31-28(32)24(4-2)34-26-16-14-20-10-6-8-12-22(20)27(26)29/h3,5-16,18,24H,1,4,17H2,2H3,(H,31,32)/b30-18+/t24-/m0/s1. The van der Waals surface area contributed by atoms with Crippen LogP contribution >= 0.6 is 15.9 Å². The Morgan fingerprint density at radius 3 is 2.35 bits per heavy atom. The van der Waals surface area contributed by atoms with E-state index in [1.165, 1.54) is 0 Å². The number of hydrogen-bond acceptors (Lipinski definition) is 4. The van der Waals surface area contributed by atoms with Crippen molar-refractivity contribution in [2.45, 2.75) is 19.4 Å². The first-order chi connectivity index (χ1) is 16.6. The Labute approximate surface area is 207 Å². The van der Waals surface area contributed by atoms with Crippen molar-refractivity contribution >= 4 is 49.6 Å². The van der Waals surface area contributed by atoms with Crippen LogP contribution in [0.1, 0.15) is 18.9 Å². The molecule has 1 atom stereocenters. The first kappa shape index (κ1) is 23.5. The number of nitrogens with zero attached hydrogens (tertiary/aromatic N) is 1. The molecule has 172 valence electrons. The second kappa shape index (κ2) is 11.0. The molecule has 0 saturated heterocycles. The van der Waals surface area contributed by atoms with Gasteiger partial charge in [0.15, 0.2) is 6.10 Å². The molecule has 0 radical (unpaired) electrons. The number of nitrogens with one attached hydrogen (secondary N) is 1. The summed E-state index contributed by atoms with van der Waals surface area (Å²) in [7, 11) is 0. The lowest BCUT2D eigenvalue weighted by Crippen LogP contribution is -2.35. The maximum absolute atomic E-state index is 12.9. The van der Waals surface area contributed by atoms with E-state index < -0.39 is 6.10 Å². The molecule has 5 nitrogen and oxygen atoms in total. The van der Waals surface area contributed by atoms with Crippen LogP contribution < -0.4 is 14.9 Å². The van der Waals surface area contributed by atoms with Gasteiger partial charge in [0.2, 0.25) is 0 Å². The minimum absolute atomic E-state index is 0.326. The van der Waals surface area contributed by atoms with E-state index in [1.54, 1.807) is 12.3 Å². The van der Waals surface area contributed by atoms with E-state index in [9.17, 15) is 4.79 Å². The van der Waals surface area contributed by atoms with Gasteiger partial charge < -0.3 is 9.47 Å². The number of rotatable bonds is 9. The third-order valence-corrected chi connectivity index (χ3v) is 6.23. The highest BCUT2D eigenvalue weighted by atomic mass is 79.9. The quantitative estimate of drug-likeness (QED) is 0.154. The summed E-state index contributed by atoms with van der Waals surface area (Å²) in [5.41, 5.74) is 3.41. The van der Waals surface area contributed by atoms with Crippen molar-refractivity contribution in [3.05, 3.63) is 95.5 Å². The maximum atomic E-state index is 12.9. The van der Waals surface area contributed by atoms with Crippen LogP contribution in [0.3, 0.4) is 0 Å². The van der Waals surface area contributed by atoms with Gasteiger partial charge in [-0.3, -0.25) is 4.79 Å². The molecule has 0 spiro atoms. The Morgan fingerprint density at radius 2 is 1.65 bits per heavy atom. The van der Waals surface area contributed by atoms with Gasteiger partial charge in [-0.2, -0.15) is 5.10 Å². The van der Waals surface area contributed by atoms with Crippen LogP contribution in [0.4, 0.5) is 0 Å². The number of ether oxygens (including phenoxy) is 2. The Bertz CT molecular complexity index is 1370. The van der Waals surface area contributed by atoms with Crippen LogP contribution in [-0.2, 0) is 4.79 Å². The van der Waals surface area contributed by atoms with Gasteiger partial charge in [0.1, 0.15) is 18.1 Å². The molecule has 0 aromatic heterocycles. The van der Waals surface area contributed by atoms with Gasteiger partial charge in [0, 0.05) is 5.56 Å². The van der Waals surface area contributed by atoms with E-state index in [0.717, 1.165) is 31.6 Å². The van der Waals surface area contributed by atoms with Crippen molar-refractivity contribution < 1.29 is 14.3 Å². The second-order valence-corrected chi connectivity index (χ2v) is 8.44. The molecule has 0 bridgehead atoms. The summed E-state index contributed by atoms with van der Waals surface area (Å²) in [6.45, 7) is 5.98. The molecule has 0 fully saturated rings. The van der Waals surface area contributed by atoms with E-state index in [2.05, 4.69) is 33.0 Å². The van der Waals surface area contributed by atoms with Crippen LogP contribution in [-0.4, -0.2) is 24.8 Å². The number of amides is 1. The number of fused-ring (bicyclic) bond motifs is 2. The van der Waals surface area contributed by atoms with Crippen molar-refractivity contribution in [1.82, 2.24) is 5.43 Å². The number of halogens is 1. The Kier molecular flexibility index (Phi) is 7.60. The van der Waals surface area contributed by atoms with Crippen LogP contribution in [0.25, 0.3) is 21.5 Å². The summed E-state index contributed by atoms with van der Waals surface area (Å²) >= 11 is 3.62. The van der Waals surface area contributed by atoms with Gasteiger partial charge in [-0.1, -0.05) is 80.2 Å². The van der Waals surface area contributed by atoms with E-state index in [4.69, 9.17) is 9.47 Å². The highest BCUT2D eigenvalue weighted by Crippen LogP contribution is 2.34. The predicted molar refractivity (Wildman–Crippen MR) is 142 cm³/mol. The van der Waals surface area contributed by atoms with Crippen molar-refractivity contribution in [2.75, 3.05) is 6.61 Å². The van der Waals surface area contributed by atoms with Crippen molar-refractivity contribution in [1.29, 1.82) is 0 Å². The van der Waals surface area contributed by atoms with Gasteiger partial charge in [0.25, 0.3) is 5.91 Å². The number of hydrogen-bond donors (Lipinski definition) is 1. The van der Waals surface area contributed by atoms with Gasteiger partial charge >= 0.3 is 0 Å². The van der Waals surface area contributed by atoms with E-state index in [1.807, 2.05) is 79.7 Å². The molecule has 34 heavy (non-hydrogen) atoms. The highest BCUT2D eigenvalue weighted by Gasteiger charge is 2.20. The molecule has 0 aliphatic heterocycles. The lowest BCUT2D eigenvalue weighted by molar-refractivity contribution is -0.128. The summed E-state index contributed by atoms with van der Waals surface area (Å²) in [4.78, 5) is 12.9. The number of carbonyl (C=O) groups excluding carboxylic acids is 1. The Morgan fingerprint density at radius 1 is 1.00 bits per heavy atom. The van der Waals surface area contributed by atoms with Crippen LogP contribution in [0.2, 0.25) is 0 Å². The molecule has 1 N–H and O–H groups in total. The topological polar surface area (TPSA) is 59.9 Å². The molecule has 0 aliphatic rings. The van der Waals surface area contributed by atoms with Gasteiger partial charge in [-0.05, 0) is 56.0 Å². The number of hydrazone groups is 1. The summed E-state index contributed by atoms with van der Waals surface area (Å²) in [6.07, 6.45) is 3.09. The monoisotopic (exact) mass is 516 g/mol. The lowest BCUT2D eigenvalue weighted by atomic mass is 10.0. The van der Waals surface area contributed by atoms with Crippen LogP contribution in [0.5, 0.6) is 11.5 Å². The molecule has 4 rings (SSSR count). The fourth-order valence-electron chi connectivity index (χ4n) is 3.70. The summed E-state index contributed by atoms with van der Waals surface area (Å²) in [5, 5.41) is 8.37. The van der Waals surface area contributed by atoms with Gasteiger partial charge in [0.05, 0.1) is 10.7 Å². The second-order valence-electron chi connectivity index (χ2n) is 7.65. The Hall–Kier alpha value is -3.64. The maximum Gasteiger partial charge on any atom is 0.281 e. The predicted octanol–water partition coefficient (Wildman–Crippen LogP) is 6.63. The molecule has 0 saturated carbocycles. The van der Waals surface area contributed by atoms with Crippen LogP contribution in [0, 0.1) is 0 Å². The van der Waals surface area contributed by atoms with Crippen molar-refractivity contribution in [2.24, 2.45) is 5.10 Å². The zero-order valence-electron chi connectivity index (χ0n) is 18.8. The van der Waals surface area contributed by atoms with E-state index in [-0.39, 0.29) is 5.91 Å². The molecule has 0 heterocycles. The van der Waals surface area contributed by atoms with Crippen molar-refractivity contribution in [3.8, 4) is 11.5 Å². The Balaban J connectivity index is 1.52. The minimum atomic E-state index is -0.696. The molecule has 6 heteroatoms. The summed E-state index contributed by atoms with van der Waals surface area (Å²) < 4.78 is 12.7. The molecule has 4 aromatic carbocycles. The first-order valence-electron chi connectivity index (χ1n) is 11.0. The third-order valence-electron chi connectivity index (χ3n) is 5.42. The summed E-state index contributed by atoms with van der Waals surface area (Å²) in [5.74, 6) is 0.950. The SMILES string of the molecule is C=CCOc1ccc2ccccc2c1/C=N/NC(=O)[C@H](CC)Oc1ccc2ccccc2c1Br. The van der Waals surface area contributed by atoms with Gasteiger partial charge in [-0.15, -0.1) is 0 Å². The molecule has 4 aromatic rings. The average molecular weight is 517 g/mol. The summed E-state index contributed by atoms with van der Waals surface area (Å²) in [6, 6.07) is 23.7. The molecule has 0 unspecified atom stereocenters. The zero-order valence-corrected chi connectivity index (χ0v) is 20.4. The fraction of sp³-hybridized carbons (Fsp3) is 0.143.